The monoisotopic (exact) mass is 399 g/mol. The minimum Gasteiger partial charge on any atom is -0.283 e. The summed E-state index contributed by atoms with van der Waals surface area (Å²) in [4.78, 5) is 28.3. The van der Waals surface area contributed by atoms with Crippen molar-refractivity contribution < 1.29 is 9.59 Å². The molecule has 0 saturated heterocycles. The largest absolute Gasteiger partial charge is 0.327 e. The van der Waals surface area contributed by atoms with Gasteiger partial charge in [0.1, 0.15) is 0 Å². The fourth-order valence-corrected chi connectivity index (χ4v) is 3.67. The van der Waals surface area contributed by atoms with Crippen molar-refractivity contribution in [1.82, 2.24) is 10.3 Å². The summed E-state index contributed by atoms with van der Waals surface area (Å²) < 4.78 is 0.818. The molecule has 1 aromatic heterocycles. The first kappa shape index (κ1) is 17.0. The van der Waals surface area contributed by atoms with E-state index in [4.69, 9.17) is 34.8 Å². The summed E-state index contributed by atoms with van der Waals surface area (Å²) in [6.45, 7) is 0. The third-order valence-corrected chi connectivity index (χ3v) is 4.79. The van der Waals surface area contributed by atoms with Gasteiger partial charge in [0.2, 0.25) is 0 Å². The second-order valence-corrected chi connectivity index (χ2v) is 6.92. The average Bonchev–Trinajstić information content (AvgIpc) is 2.87. The topological polar surface area (TPSA) is 71.1 Å². The molecule has 0 bridgehead atoms. The van der Waals surface area contributed by atoms with E-state index in [0.29, 0.717) is 15.7 Å². The fourth-order valence-electron chi connectivity index (χ4n) is 1.96. The van der Waals surface area contributed by atoms with E-state index in [9.17, 15) is 9.59 Å². The van der Waals surface area contributed by atoms with E-state index in [1.54, 1.807) is 24.3 Å². The van der Waals surface area contributed by atoms with Crippen LogP contribution in [-0.4, -0.2) is 16.9 Å². The van der Waals surface area contributed by atoms with Gasteiger partial charge in [-0.1, -0.05) is 52.2 Å². The molecule has 24 heavy (non-hydrogen) atoms. The summed E-state index contributed by atoms with van der Waals surface area (Å²) in [5.74, 6) is -0.702. The SMILES string of the molecule is O=C(NC(=O)c1c(Cl)cccc1Cl)Nc1nc2ccc(Cl)cc2s1. The number of imide groups is 1. The molecule has 0 aliphatic heterocycles. The standard InChI is InChI=1S/C15H8Cl3N3O2S/c16-7-4-5-10-11(6-7)24-15(19-10)21-14(23)20-13(22)12-8(17)2-1-3-9(12)18/h1-6H,(H2,19,20,21,22,23). The first-order valence-corrected chi connectivity index (χ1v) is 8.51. The second-order valence-electron chi connectivity index (χ2n) is 4.64. The third-order valence-electron chi connectivity index (χ3n) is 2.99. The van der Waals surface area contributed by atoms with Gasteiger partial charge in [0.25, 0.3) is 5.91 Å². The van der Waals surface area contributed by atoms with E-state index in [-0.39, 0.29) is 15.6 Å². The predicted molar refractivity (Wildman–Crippen MR) is 97.6 cm³/mol. The maximum Gasteiger partial charge on any atom is 0.327 e. The van der Waals surface area contributed by atoms with Crippen molar-refractivity contribution in [2.45, 2.75) is 0 Å². The number of anilines is 1. The lowest BCUT2D eigenvalue weighted by atomic mass is 10.2. The second kappa shape index (κ2) is 6.94. The van der Waals surface area contributed by atoms with Crippen LogP contribution >= 0.6 is 46.1 Å². The zero-order valence-electron chi connectivity index (χ0n) is 11.8. The Labute approximate surface area is 155 Å². The van der Waals surface area contributed by atoms with Gasteiger partial charge < -0.3 is 0 Å². The van der Waals surface area contributed by atoms with Crippen LogP contribution in [0, 0.1) is 0 Å². The lowest BCUT2D eigenvalue weighted by Crippen LogP contribution is -2.34. The van der Waals surface area contributed by atoms with E-state index < -0.39 is 11.9 Å². The van der Waals surface area contributed by atoms with Gasteiger partial charge in [0.15, 0.2) is 5.13 Å². The molecule has 0 spiro atoms. The van der Waals surface area contributed by atoms with Crippen LogP contribution in [0.2, 0.25) is 15.1 Å². The number of hydrogen-bond donors (Lipinski definition) is 2. The molecule has 3 rings (SSSR count). The van der Waals surface area contributed by atoms with E-state index in [0.717, 1.165) is 4.70 Å². The van der Waals surface area contributed by atoms with Gasteiger partial charge in [-0.15, -0.1) is 0 Å². The number of fused-ring (bicyclic) bond motifs is 1. The Morgan fingerprint density at radius 3 is 2.46 bits per heavy atom. The lowest BCUT2D eigenvalue weighted by molar-refractivity contribution is 0.0967. The number of nitrogens with zero attached hydrogens (tertiary/aromatic N) is 1. The summed E-state index contributed by atoms with van der Waals surface area (Å²) in [5, 5.41) is 5.88. The molecule has 0 aliphatic rings. The minimum atomic E-state index is -0.735. The first-order chi connectivity index (χ1) is 11.4. The number of nitrogens with one attached hydrogen (secondary N) is 2. The Morgan fingerprint density at radius 1 is 1.04 bits per heavy atom. The maximum atomic E-state index is 12.1. The molecular weight excluding hydrogens is 393 g/mol. The summed E-state index contributed by atoms with van der Waals surface area (Å²) in [5.41, 5.74) is 0.729. The van der Waals surface area contributed by atoms with Gasteiger partial charge in [-0.3, -0.25) is 15.4 Å². The Kier molecular flexibility index (Phi) is 4.91. The van der Waals surface area contributed by atoms with Crippen molar-refractivity contribution in [3.63, 3.8) is 0 Å². The lowest BCUT2D eigenvalue weighted by Gasteiger charge is -2.07. The molecule has 0 unspecified atom stereocenters. The third kappa shape index (κ3) is 3.62. The van der Waals surface area contributed by atoms with Crippen LogP contribution in [0.4, 0.5) is 9.93 Å². The van der Waals surface area contributed by atoms with Crippen molar-refractivity contribution in [1.29, 1.82) is 0 Å². The molecule has 0 fully saturated rings. The minimum absolute atomic E-state index is 0.0343. The van der Waals surface area contributed by atoms with Crippen LogP contribution in [-0.2, 0) is 0 Å². The van der Waals surface area contributed by atoms with E-state index >= 15 is 0 Å². The molecule has 0 radical (unpaired) electrons. The van der Waals surface area contributed by atoms with Crippen molar-refractivity contribution in [3.05, 3.63) is 57.0 Å². The highest BCUT2D eigenvalue weighted by atomic mass is 35.5. The van der Waals surface area contributed by atoms with Crippen molar-refractivity contribution in [3.8, 4) is 0 Å². The smallest absolute Gasteiger partial charge is 0.283 e. The van der Waals surface area contributed by atoms with Gasteiger partial charge >= 0.3 is 6.03 Å². The van der Waals surface area contributed by atoms with E-state index in [1.165, 1.54) is 23.5 Å². The average molecular weight is 401 g/mol. The van der Waals surface area contributed by atoms with Gasteiger partial charge in [-0.05, 0) is 30.3 Å². The number of urea groups is 1. The molecule has 122 valence electrons. The molecule has 3 amide bonds. The Bertz CT molecular complexity index is 938. The molecule has 0 saturated carbocycles. The molecule has 5 nitrogen and oxygen atoms in total. The molecule has 2 aromatic carbocycles. The van der Waals surface area contributed by atoms with Crippen LogP contribution < -0.4 is 10.6 Å². The molecule has 3 aromatic rings. The summed E-state index contributed by atoms with van der Waals surface area (Å²) in [7, 11) is 0. The number of halogens is 3. The summed E-state index contributed by atoms with van der Waals surface area (Å²) in [6.07, 6.45) is 0. The number of aromatic nitrogens is 1. The molecular formula is C15H8Cl3N3O2S. The van der Waals surface area contributed by atoms with Crippen molar-refractivity contribution in [2.24, 2.45) is 0 Å². The molecule has 0 aliphatic carbocycles. The number of carbonyl (C=O) groups excluding carboxylic acids is 2. The van der Waals surface area contributed by atoms with Crippen LogP contribution in [0.25, 0.3) is 10.2 Å². The Balaban J connectivity index is 1.73. The van der Waals surface area contributed by atoms with E-state index in [1.807, 2.05) is 0 Å². The van der Waals surface area contributed by atoms with Crippen LogP contribution in [0.1, 0.15) is 10.4 Å². The number of carbonyl (C=O) groups is 2. The predicted octanol–water partition coefficient (Wildman–Crippen LogP) is 5.22. The van der Waals surface area contributed by atoms with Gasteiger partial charge in [-0.2, -0.15) is 0 Å². The van der Waals surface area contributed by atoms with Gasteiger partial charge in [-0.25, -0.2) is 9.78 Å². The molecule has 9 heteroatoms. The number of thiazole rings is 1. The molecule has 2 N–H and O–H groups in total. The normalized spacial score (nSPS) is 10.6. The first-order valence-electron chi connectivity index (χ1n) is 6.56. The number of benzene rings is 2. The highest BCUT2D eigenvalue weighted by Gasteiger charge is 2.17. The number of rotatable bonds is 2. The zero-order valence-corrected chi connectivity index (χ0v) is 14.9. The van der Waals surface area contributed by atoms with E-state index in [2.05, 4.69) is 15.6 Å². The zero-order chi connectivity index (χ0) is 17.3. The molecule has 0 atom stereocenters. The summed E-state index contributed by atoms with van der Waals surface area (Å²) >= 11 is 19.0. The Hall–Kier alpha value is -1.86. The molecule has 1 heterocycles. The number of hydrogen-bond acceptors (Lipinski definition) is 4. The maximum absolute atomic E-state index is 12.1. The summed E-state index contributed by atoms with van der Waals surface area (Å²) in [6, 6.07) is 9.08. The highest BCUT2D eigenvalue weighted by Crippen LogP contribution is 2.28. The van der Waals surface area contributed by atoms with Gasteiger partial charge in [0, 0.05) is 5.02 Å². The quantitative estimate of drug-likeness (QED) is 0.619. The number of amides is 3. The van der Waals surface area contributed by atoms with Crippen molar-refractivity contribution >= 4 is 73.4 Å². The fraction of sp³-hybridized carbons (Fsp3) is 0. The van der Waals surface area contributed by atoms with Crippen LogP contribution in [0.15, 0.2) is 36.4 Å². The van der Waals surface area contributed by atoms with Crippen LogP contribution in [0.5, 0.6) is 0 Å². The van der Waals surface area contributed by atoms with Gasteiger partial charge in [0.05, 0.1) is 25.8 Å². The van der Waals surface area contributed by atoms with Crippen LogP contribution in [0.3, 0.4) is 0 Å². The van der Waals surface area contributed by atoms with Crippen molar-refractivity contribution in [2.75, 3.05) is 5.32 Å². The Morgan fingerprint density at radius 2 is 1.75 bits per heavy atom. The highest BCUT2D eigenvalue weighted by molar-refractivity contribution is 7.22.